The van der Waals surface area contributed by atoms with E-state index in [0.29, 0.717) is 17.5 Å². The summed E-state index contributed by atoms with van der Waals surface area (Å²) in [5.41, 5.74) is 9.26. The van der Waals surface area contributed by atoms with E-state index in [4.69, 9.17) is 19.9 Å². The van der Waals surface area contributed by atoms with E-state index in [1.165, 1.54) is 11.7 Å². The number of fused-ring (bicyclic) bond motifs is 5. The van der Waals surface area contributed by atoms with Crippen LogP contribution in [0.25, 0.3) is 89.3 Å². The van der Waals surface area contributed by atoms with E-state index in [-0.39, 0.29) is 0 Å². The van der Waals surface area contributed by atoms with Crippen LogP contribution in [0.5, 0.6) is 0 Å². The van der Waals surface area contributed by atoms with Crippen LogP contribution >= 0.6 is 18.9 Å². The second-order valence-electron chi connectivity index (χ2n) is 14.8. The molecule has 0 saturated heterocycles. The molecule has 0 N–H and O–H groups in total. The zero-order valence-corrected chi connectivity index (χ0v) is 34.2. The van der Waals surface area contributed by atoms with Gasteiger partial charge in [0.2, 0.25) is 0 Å². The first kappa shape index (κ1) is 36.6. The molecule has 0 saturated carbocycles. The van der Waals surface area contributed by atoms with Crippen molar-refractivity contribution in [1.82, 2.24) is 28.7 Å². The van der Waals surface area contributed by atoms with Crippen molar-refractivity contribution >= 4 is 67.5 Å². The zero-order chi connectivity index (χ0) is 40.8. The number of nitrogens with zero attached hydrogens (tertiary/aromatic N) is 6. The minimum Gasteiger partial charge on any atom is -0.309 e. The largest absolute Gasteiger partial charge is 0.309 e. The van der Waals surface area contributed by atoms with Crippen molar-refractivity contribution in [1.29, 1.82) is 0 Å². The predicted octanol–water partition coefficient (Wildman–Crippen LogP) is 11.6. The van der Waals surface area contributed by atoms with Gasteiger partial charge in [-0.25, -0.2) is 19.9 Å². The van der Waals surface area contributed by atoms with Gasteiger partial charge in [0.15, 0.2) is 24.6 Å². The Balaban J connectivity index is 0.967. The number of benzene rings is 8. The monoisotopic (exact) mass is 820 g/mol. The first-order valence-corrected chi connectivity index (χ1v) is 22.3. The van der Waals surface area contributed by atoms with Gasteiger partial charge in [-0.1, -0.05) is 176 Å². The lowest BCUT2D eigenvalue weighted by Gasteiger charge is -2.20. The van der Waals surface area contributed by atoms with Crippen LogP contribution in [0.15, 0.2) is 200 Å². The molecule has 9 heteroatoms. The van der Waals surface area contributed by atoms with E-state index in [0.717, 1.165) is 87.7 Å². The Labute approximate surface area is 355 Å². The van der Waals surface area contributed by atoms with E-state index in [2.05, 4.69) is 63.3 Å². The van der Waals surface area contributed by atoms with Crippen molar-refractivity contribution in [2.24, 2.45) is 0 Å². The van der Waals surface area contributed by atoms with E-state index < -0.39 is 7.14 Å². The summed E-state index contributed by atoms with van der Waals surface area (Å²) in [5.74, 6) is 1.65. The highest BCUT2D eigenvalue weighted by atomic mass is 32.1. The van der Waals surface area contributed by atoms with Gasteiger partial charge in [0.1, 0.15) is 11.0 Å². The van der Waals surface area contributed by atoms with Gasteiger partial charge in [0, 0.05) is 54.3 Å². The average Bonchev–Trinajstić information content (AvgIpc) is 3.84. The molecule has 3 aromatic heterocycles. The molecule has 0 atom stereocenters. The summed E-state index contributed by atoms with van der Waals surface area (Å²) in [6, 6.07) is 66.4. The molecule has 288 valence electrons. The summed E-state index contributed by atoms with van der Waals surface area (Å²) in [6.45, 7) is 0. The molecule has 0 aliphatic heterocycles. The van der Waals surface area contributed by atoms with Gasteiger partial charge in [0.25, 0.3) is 0 Å². The van der Waals surface area contributed by atoms with Gasteiger partial charge in [-0.2, -0.15) is 8.75 Å². The summed E-state index contributed by atoms with van der Waals surface area (Å²) in [5, 5.41) is 5.50. The van der Waals surface area contributed by atoms with Gasteiger partial charge in [-0.3, -0.25) is 0 Å². The number of hydrogen-bond acceptors (Lipinski definition) is 8. The van der Waals surface area contributed by atoms with E-state index in [1.807, 2.05) is 146 Å². The van der Waals surface area contributed by atoms with Crippen LogP contribution in [0.3, 0.4) is 0 Å². The standard InChI is InChI=1S/C52H33N6OPS/c59-60(40-17-6-2-7-18-40,41-19-8-3-9-20-41)42-29-27-37(28-30-42)51-54-50(36-13-4-1-5-14-36)55-52(56-51)39-16-12-15-38(33-39)34-23-25-35(26-24-34)48-44-31-32-46-49(58-61-57-46)47(44)43-21-10-11-22-45(43)53-48/h1-33H. The summed E-state index contributed by atoms with van der Waals surface area (Å²) in [7, 11) is -3.15. The molecule has 0 fully saturated rings. The van der Waals surface area contributed by atoms with Gasteiger partial charge in [-0.05, 0) is 35.4 Å². The average molecular weight is 821 g/mol. The normalized spacial score (nSPS) is 11.7. The lowest BCUT2D eigenvalue weighted by atomic mass is 9.97. The van der Waals surface area contributed by atoms with Crippen molar-refractivity contribution in [3.63, 3.8) is 0 Å². The topological polar surface area (TPSA) is 94.4 Å². The van der Waals surface area contributed by atoms with Crippen LogP contribution in [-0.2, 0) is 4.57 Å². The van der Waals surface area contributed by atoms with Crippen LogP contribution in [0.4, 0.5) is 0 Å². The molecule has 3 heterocycles. The third-order valence-corrected chi connectivity index (χ3v) is 14.7. The molecule has 11 aromatic rings. The number of rotatable bonds is 8. The summed E-state index contributed by atoms with van der Waals surface area (Å²) in [6.07, 6.45) is 0. The SMILES string of the molecule is O=P(c1ccccc1)(c1ccccc1)c1ccc(-c2nc(-c3ccccc3)nc(-c3cccc(-c4ccc(-c5nc6ccccc6c6c5ccc5nsnc56)cc4)c3)n2)cc1. The maximum Gasteiger partial charge on any atom is 0.171 e. The van der Waals surface area contributed by atoms with Crippen molar-refractivity contribution < 1.29 is 4.57 Å². The fourth-order valence-electron chi connectivity index (χ4n) is 8.06. The number of hydrogen-bond donors (Lipinski definition) is 0. The number of pyridine rings is 1. The minimum atomic E-state index is -3.15. The highest BCUT2D eigenvalue weighted by Crippen LogP contribution is 2.43. The Bertz CT molecular complexity index is 3390. The Kier molecular flexibility index (Phi) is 9.15. The lowest BCUT2D eigenvalue weighted by Crippen LogP contribution is -2.24. The Morgan fingerprint density at radius 2 is 0.885 bits per heavy atom. The number of aromatic nitrogens is 6. The highest BCUT2D eigenvalue weighted by molar-refractivity contribution is 7.85. The quantitative estimate of drug-likeness (QED) is 0.111. The molecule has 0 aliphatic rings. The maximum absolute atomic E-state index is 15.1. The van der Waals surface area contributed by atoms with E-state index in [9.17, 15) is 0 Å². The lowest BCUT2D eigenvalue weighted by molar-refractivity contribution is 0.592. The zero-order valence-electron chi connectivity index (χ0n) is 32.5. The van der Waals surface area contributed by atoms with Crippen LogP contribution in [-0.4, -0.2) is 28.7 Å². The molecule has 0 amide bonds. The molecule has 11 rings (SSSR count). The van der Waals surface area contributed by atoms with Crippen LogP contribution in [0.2, 0.25) is 0 Å². The summed E-state index contributed by atoms with van der Waals surface area (Å²) >= 11 is 1.23. The molecule has 0 radical (unpaired) electrons. The van der Waals surface area contributed by atoms with Crippen LogP contribution in [0.1, 0.15) is 0 Å². The Morgan fingerprint density at radius 1 is 0.361 bits per heavy atom. The Hall–Kier alpha value is -7.51. The molecule has 61 heavy (non-hydrogen) atoms. The van der Waals surface area contributed by atoms with Crippen molar-refractivity contribution in [3.8, 4) is 56.5 Å². The van der Waals surface area contributed by atoms with Crippen LogP contribution in [0, 0.1) is 0 Å². The molecule has 0 aliphatic carbocycles. The third kappa shape index (κ3) is 6.59. The van der Waals surface area contributed by atoms with Crippen molar-refractivity contribution in [2.75, 3.05) is 0 Å². The third-order valence-electron chi connectivity index (χ3n) is 11.1. The number of para-hydroxylation sites is 1. The molecule has 8 aromatic carbocycles. The van der Waals surface area contributed by atoms with Crippen molar-refractivity contribution in [2.45, 2.75) is 0 Å². The van der Waals surface area contributed by atoms with Crippen LogP contribution < -0.4 is 15.9 Å². The van der Waals surface area contributed by atoms with Crippen molar-refractivity contribution in [3.05, 3.63) is 200 Å². The highest BCUT2D eigenvalue weighted by Gasteiger charge is 2.29. The van der Waals surface area contributed by atoms with E-state index in [1.54, 1.807) is 0 Å². The van der Waals surface area contributed by atoms with Gasteiger partial charge in [0.05, 0.1) is 22.9 Å². The summed E-state index contributed by atoms with van der Waals surface area (Å²) < 4.78 is 24.3. The predicted molar refractivity (Wildman–Crippen MR) is 250 cm³/mol. The van der Waals surface area contributed by atoms with Gasteiger partial charge >= 0.3 is 0 Å². The van der Waals surface area contributed by atoms with E-state index >= 15 is 4.57 Å². The smallest absolute Gasteiger partial charge is 0.171 e. The first-order chi connectivity index (χ1) is 30.1. The Morgan fingerprint density at radius 3 is 1.57 bits per heavy atom. The molecule has 0 bridgehead atoms. The first-order valence-electron chi connectivity index (χ1n) is 19.9. The molecular formula is C52H33N6OPS. The minimum absolute atomic E-state index is 0.528. The molecule has 0 spiro atoms. The second-order valence-corrected chi connectivity index (χ2v) is 18.1. The summed E-state index contributed by atoms with van der Waals surface area (Å²) in [4.78, 5) is 20.2. The van der Waals surface area contributed by atoms with Gasteiger partial charge in [-0.15, -0.1) is 0 Å². The maximum atomic E-state index is 15.1. The van der Waals surface area contributed by atoms with Gasteiger partial charge < -0.3 is 4.57 Å². The second kappa shape index (κ2) is 15.3. The fraction of sp³-hybridized carbons (Fsp3) is 0. The molecular weight excluding hydrogens is 788 g/mol. The molecule has 0 unspecified atom stereocenters. The molecule has 7 nitrogen and oxygen atoms in total. The fourth-order valence-corrected chi connectivity index (χ4v) is 11.2.